The van der Waals surface area contributed by atoms with Crippen LogP contribution in [0.25, 0.3) is 11.1 Å². The first-order valence-electron chi connectivity index (χ1n) is 10.0. The number of aryl methyl sites for hydroxylation is 2. The number of nitriles is 1. The van der Waals surface area contributed by atoms with E-state index in [1.807, 2.05) is 38.3 Å². The van der Waals surface area contributed by atoms with Crippen LogP contribution >= 0.6 is 23.6 Å². The Morgan fingerprint density at radius 3 is 2.55 bits per heavy atom. The summed E-state index contributed by atoms with van der Waals surface area (Å²) in [6.45, 7) is 7.63. The van der Waals surface area contributed by atoms with Gasteiger partial charge in [-0.2, -0.15) is 5.26 Å². The van der Waals surface area contributed by atoms with Crippen molar-refractivity contribution in [1.29, 1.82) is 5.26 Å². The molecule has 0 bridgehead atoms. The minimum atomic E-state index is -0.709. The van der Waals surface area contributed by atoms with Crippen molar-refractivity contribution < 1.29 is 14.0 Å². The number of anilines is 1. The molecule has 3 heterocycles. The quantitative estimate of drug-likeness (QED) is 0.339. The minimum absolute atomic E-state index is 0.0351. The lowest BCUT2D eigenvalue weighted by Crippen LogP contribution is -2.54. The lowest BCUT2D eigenvalue weighted by molar-refractivity contribution is -0.122. The summed E-state index contributed by atoms with van der Waals surface area (Å²) in [5.74, 6) is -1.99. The largest absolute Gasteiger partial charge is 0.308 e. The van der Waals surface area contributed by atoms with E-state index in [0.717, 1.165) is 31.7 Å². The molecule has 0 saturated carbocycles. The molecule has 0 atom stereocenters. The lowest BCUT2D eigenvalue weighted by atomic mass is 10.1. The fraction of sp³-hybridized carbons (Fsp3) is 0.167. The summed E-state index contributed by atoms with van der Waals surface area (Å²) in [5.41, 5.74) is 3.59. The molecule has 2 amide bonds. The molecule has 1 aliphatic rings. The fourth-order valence-electron chi connectivity index (χ4n) is 3.81. The molecule has 0 unspecified atom stereocenters. The van der Waals surface area contributed by atoms with Crippen molar-refractivity contribution in [2.45, 2.75) is 27.7 Å². The van der Waals surface area contributed by atoms with E-state index < -0.39 is 17.6 Å². The lowest BCUT2D eigenvalue weighted by Gasteiger charge is -2.29. The summed E-state index contributed by atoms with van der Waals surface area (Å²) in [4.78, 5) is 27.9. The van der Waals surface area contributed by atoms with Gasteiger partial charge in [0.15, 0.2) is 5.11 Å². The van der Waals surface area contributed by atoms with E-state index >= 15 is 0 Å². The number of hydrogen-bond donors (Lipinski definition) is 1. The van der Waals surface area contributed by atoms with Crippen LogP contribution in [0, 0.1) is 44.8 Å². The Kier molecular flexibility index (Phi) is 5.74. The van der Waals surface area contributed by atoms with Gasteiger partial charge in [-0.25, -0.2) is 9.29 Å². The molecular weight excluding hydrogens is 459 g/mol. The number of nitrogens with one attached hydrogen (secondary N) is 1. The van der Waals surface area contributed by atoms with Crippen molar-refractivity contribution in [3.63, 3.8) is 0 Å². The topological polar surface area (TPSA) is 78.1 Å². The summed E-state index contributed by atoms with van der Waals surface area (Å²) in [7, 11) is 0. The molecule has 0 spiro atoms. The zero-order valence-corrected chi connectivity index (χ0v) is 19.9. The number of rotatable bonds is 3. The minimum Gasteiger partial charge on any atom is -0.308 e. The van der Waals surface area contributed by atoms with Crippen LogP contribution in [-0.4, -0.2) is 21.5 Å². The average Bonchev–Trinajstić information content (AvgIpc) is 3.20. The maximum absolute atomic E-state index is 14.4. The third-order valence-corrected chi connectivity index (χ3v) is 7.12. The van der Waals surface area contributed by atoms with Gasteiger partial charge in [-0.15, -0.1) is 11.3 Å². The van der Waals surface area contributed by atoms with Crippen LogP contribution in [0.4, 0.5) is 10.1 Å². The number of amides is 2. The second-order valence-corrected chi connectivity index (χ2v) is 9.24. The van der Waals surface area contributed by atoms with Gasteiger partial charge in [-0.1, -0.05) is 12.1 Å². The fourth-order valence-corrected chi connectivity index (χ4v) is 5.30. The Balaban J connectivity index is 1.82. The van der Waals surface area contributed by atoms with Crippen LogP contribution < -0.4 is 10.2 Å². The standard InChI is InChI=1S/C24H19FN4O2S2/c1-12-9-16(14(3)28(12)23-18(11-26)13(2)15(4)33-23)10-17-21(30)27-24(32)29(22(17)31)20-8-6-5-7-19(20)25/h5-10H,1-4H3,(H,27,30,32)/b17-10+. The van der Waals surface area contributed by atoms with Crippen molar-refractivity contribution in [2.24, 2.45) is 0 Å². The number of carbonyl (C=O) groups is 2. The smallest absolute Gasteiger partial charge is 0.270 e. The second kappa shape index (κ2) is 8.39. The molecule has 1 N–H and O–H groups in total. The van der Waals surface area contributed by atoms with Crippen LogP contribution in [0.15, 0.2) is 35.9 Å². The van der Waals surface area contributed by atoms with E-state index in [4.69, 9.17) is 12.2 Å². The Morgan fingerprint density at radius 1 is 1.18 bits per heavy atom. The highest BCUT2D eigenvalue weighted by Crippen LogP contribution is 2.34. The van der Waals surface area contributed by atoms with Crippen molar-refractivity contribution in [2.75, 3.05) is 4.90 Å². The molecule has 166 valence electrons. The molecule has 3 aromatic rings. The van der Waals surface area contributed by atoms with Crippen molar-refractivity contribution in [1.82, 2.24) is 9.88 Å². The van der Waals surface area contributed by atoms with Gasteiger partial charge in [0.2, 0.25) is 0 Å². The zero-order valence-electron chi connectivity index (χ0n) is 18.3. The van der Waals surface area contributed by atoms with Crippen LogP contribution in [0.5, 0.6) is 0 Å². The number of thiocarbonyl (C=S) groups is 1. The first-order chi connectivity index (χ1) is 15.6. The van der Waals surface area contributed by atoms with Crippen LogP contribution in [0.1, 0.15) is 33.0 Å². The van der Waals surface area contributed by atoms with Gasteiger partial charge in [-0.3, -0.25) is 14.9 Å². The molecule has 1 aromatic carbocycles. The average molecular weight is 479 g/mol. The molecule has 0 aliphatic carbocycles. The van der Waals surface area contributed by atoms with Crippen LogP contribution in [-0.2, 0) is 9.59 Å². The van der Waals surface area contributed by atoms with Gasteiger partial charge in [0.05, 0.1) is 11.3 Å². The molecule has 1 saturated heterocycles. The monoisotopic (exact) mass is 478 g/mol. The van der Waals surface area contributed by atoms with E-state index in [-0.39, 0.29) is 16.4 Å². The van der Waals surface area contributed by atoms with E-state index in [2.05, 4.69) is 11.4 Å². The van der Waals surface area contributed by atoms with Gasteiger partial charge < -0.3 is 4.57 Å². The van der Waals surface area contributed by atoms with E-state index in [1.165, 1.54) is 35.6 Å². The molecule has 33 heavy (non-hydrogen) atoms. The number of aromatic nitrogens is 1. The third-order valence-electron chi connectivity index (χ3n) is 5.65. The molecular formula is C24H19FN4O2S2. The van der Waals surface area contributed by atoms with E-state index in [0.29, 0.717) is 11.1 Å². The summed E-state index contributed by atoms with van der Waals surface area (Å²) in [6, 6.07) is 9.85. The highest BCUT2D eigenvalue weighted by molar-refractivity contribution is 7.80. The Bertz CT molecular complexity index is 1420. The number of benzene rings is 1. The summed E-state index contributed by atoms with van der Waals surface area (Å²) in [6.07, 6.45) is 1.48. The Hall–Kier alpha value is -3.61. The predicted octanol–water partition coefficient (Wildman–Crippen LogP) is 4.61. The zero-order chi connectivity index (χ0) is 24.0. The molecule has 1 aliphatic heterocycles. The van der Waals surface area contributed by atoms with Gasteiger partial charge in [-0.05, 0) is 75.3 Å². The number of para-hydroxylation sites is 1. The van der Waals surface area contributed by atoms with Crippen molar-refractivity contribution in [3.8, 4) is 11.1 Å². The molecule has 4 rings (SSSR count). The molecule has 1 fully saturated rings. The Labute approximate surface area is 199 Å². The highest BCUT2D eigenvalue weighted by Gasteiger charge is 2.36. The first kappa shape index (κ1) is 22.6. The number of thiophene rings is 1. The highest BCUT2D eigenvalue weighted by atomic mass is 32.1. The summed E-state index contributed by atoms with van der Waals surface area (Å²) in [5, 5.41) is 12.7. The number of halogens is 1. The van der Waals surface area contributed by atoms with Gasteiger partial charge in [0, 0.05) is 16.3 Å². The molecule has 6 nitrogen and oxygen atoms in total. The molecule has 0 radical (unpaired) electrons. The van der Waals surface area contributed by atoms with Crippen molar-refractivity contribution >= 4 is 52.2 Å². The summed E-state index contributed by atoms with van der Waals surface area (Å²) < 4.78 is 16.3. The maximum atomic E-state index is 14.4. The molecule has 2 aromatic heterocycles. The van der Waals surface area contributed by atoms with E-state index in [1.54, 1.807) is 6.07 Å². The predicted molar refractivity (Wildman–Crippen MR) is 130 cm³/mol. The van der Waals surface area contributed by atoms with Crippen molar-refractivity contribution in [3.05, 3.63) is 74.7 Å². The number of carbonyl (C=O) groups excluding carboxylic acids is 2. The number of hydrogen-bond acceptors (Lipinski definition) is 5. The van der Waals surface area contributed by atoms with Gasteiger partial charge in [0.25, 0.3) is 11.8 Å². The van der Waals surface area contributed by atoms with Gasteiger partial charge in [0.1, 0.15) is 22.5 Å². The summed E-state index contributed by atoms with van der Waals surface area (Å²) >= 11 is 6.66. The molecule has 9 heteroatoms. The first-order valence-corrected chi connectivity index (χ1v) is 11.2. The second-order valence-electron chi connectivity index (χ2n) is 7.65. The van der Waals surface area contributed by atoms with E-state index in [9.17, 15) is 19.2 Å². The maximum Gasteiger partial charge on any atom is 0.270 e. The van der Waals surface area contributed by atoms with Crippen LogP contribution in [0.2, 0.25) is 0 Å². The normalized spacial score (nSPS) is 15.2. The van der Waals surface area contributed by atoms with Crippen LogP contribution in [0.3, 0.4) is 0 Å². The third kappa shape index (κ3) is 3.67. The number of nitrogens with zero attached hydrogens (tertiary/aromatic N) is 3. The van der Waals surface area contributed by atoms with Gasteiger partial charge >= 0.3 is 0 Å². The SMILES string of the molecule is Cc1sc(-n2c(C)cc(/C=C3\C(=O)NC(=S)N(c4ccccc4F)C3=O)c2C)c(C#N)c1C. The Morgan fingerprint density at radius 2 is 1.88 bits per heavy atom.